The zero-order chi connectivity index (χ0) is 11.9. The van der Waals surface area contributed by atoms with Gasteiger partial charge < -0.3 is 15.8 Å². The summed E-state index contributed by atoms with van der Waals surface area (Å²) in [6.07, 6.45) is 1.21. The second kappa shape index (κ2) is 3.34. The number of nitrogens with two attached hydrogens (primary N) is 1. The Balaban J connectivity index is 2.77. The number of ketones is 1. The van der Waals surface area contributed by atoms with Crippen molar-refractivity contribution in [3.8, 4) is 5.75 Å². The molecule has 0 bridgehead atoms. The van der Waals surface area contributed by atoms with E-state index in [2.05, 4.69) is 4.98 Å². The van der Waals surface area contributed by atoms with Crippen LogP contribution in [0, 0.1) is 5.82 Å². The highest BCUT2D eigenvalue weighted by Gasteiger charge is 2.20. The predicted octanol–water partition coefficient (Wildman–Crippen LogP) is 0.681. The lowest BCUT2D eigenvalue weighted by atomic mass is 10.1. The van der Waals surface area contributed by atoms with E-state index in [1.54, 1.807) is 0 Å². The third-order valence-electron chi connectivity index (χ3n) is 2.24. The van der Waals surface area contributed by atoms with Crippen LogP contribution in [0.15, 0.2) is 18.3 Å². The van der Waals surface area contributed by atoms with Crippen LogP contribution in [0.1, 0.15) is 10.4 Å². The first-order valence-corrected chi connectivity index (χ1v) is 4.35. The minimum atomic E-state index is -1.16. The molecule has 2 aromatic rings. The fourth-order valence-electron chi connectivity index (χ4n) is 1.49. The summed E-state index contributed by atoms with van der Waals surface area (Å²) >= 11 is 0. The van der Waals surface area contributed by atoms with Crippen molar-refractivity contribution in [2.75, 3.05) is 0 Å². The average molecular weight is 222 g/mol. The number of primary amides is 1. The van der Waals surface area contributed by atoms with Gasteiger partial charge in [-0.05, 0) is 12.1 Å². The lowest BCUT2D eigenvalue weighted by Gasteiger charge is -1.99. The highest BCUT2D eigenvalue weighted by atomic mass is 19.1. The third kappa shape index (κ3) is 1.31. The first-order chi connectivity index (χ1) is 7.52. The van der Waals surface area contributed by atoms with E-state index in [1.165, 1.54) is 12.3 Å². The molecule has 0 aliphatic heterocycles. The SMILES string of the molecule is NC(=O)C(=O)c1c[nH]c2ccc(F)c(O)c12. The second-order valence-corrected chi connectivity index (χ2v) is 3.21. The molecule has 0 aliphatic carbocycles. The summed E-state index contributed by atoms with van der Waals surface area (Å²) in [4.78, 5) is 24.7. The summed E-state index contributed by atoms with van der Waals surface area (Å²) in [6, 6.07) is 2.40. The smallest absolute Gasteiger partial charge is 0.289 e. The number of carbonyl (C=O) groups is 2. The van der Waals surface area contributed by atoms with Crippen molar-refractivity contribution in [3.05, 3.63) is 29.7 Å². The number of hydrogen-bond donors (Lipinski definition) is 3. The van der Waals surface area contributed by atoms with Crippen LogP contribution in [0.5, 0.6) is 5.75 Å². The fraction of sp³-hybridized carbons (Fsp3) is 0. The molecule has 1 heterocycles. The number of Topliss-reactive ketones (excluding diaryl/α,β-unsaturated/α-hetero) is 1. The van der Waals surface area contributed by atoms with E-state index in [0.29, 0.717) is 5.52 Å². The van der Waals surface area contributed by atoms with Gasteiger partial charge in [0.2, 0.25) is 0 Å². The molecule has 0 atom stereocenters. The molecular formula is C10H7FN2O3. The molecule has 1 amide bonds. The number of phenolic OH excluding ortho intramolecular Hbond substituents is 1. The Kier molecular flexibility index (Phi) is 2.12. The quantitative estimate of drug-likeness (QED) is 0.515. The minimum Gasteiger partial charge on any atom is -0.504 e. The van der Waals surface area contributed by atoms with Crippen molar-refractivity contribution in [2.45, 2.75) is 0 Å². The van der Waals surface area contributed by atoms with Gasteiger partial charge in [-0.2, -0.15) is 0 Å². The van der Waals surface area contributed by atoms with E-state index in [9.17, 15) is 19.1 Å². The summed E-state index contributed by atoms with van der Waals surface area (Å²) in [7, 11) is 0. The number of aromatic nitrogens is 1. The number of aromatic amines is 1. The summed E-state index contributed by atoms with van der Waals surface area (Å²) in [5.74, 6) is -3.69. The zero-order valence-corrected chi connectivity index (χ0v) is 7.95. The predicted molar refractivity (Wildman–Crippen MR) is 53.4 cm³/mol. The largest absolute Gasteiger partial charge is 0.504 e. The van der Waals surface area contributed by atoms with E-state index in [0.717, 1.165) is 6.07 Å². The summed E-state index contributed by atoms with van der Waals surface area (Å²) in [6.45, 7) is 0. The van der Waals surface area contributed by atoms with Crippen LogP contribution in [0.25, 0.3) is 10.9 Å². The minimum absolute atomic E-state index is 0.0381. The van der Waals surface area contributed by atoms with Crippen molar-refractivity contribution in [1.82, 2.24) is 4.98 Å². The molecule has 5 nitrogen and oxygen atoms in total. The van der Waals surface area contributed by atoms with Gasteiger partial charge in [-0.3, -0.25) is 9.59 Å². The number of phenols is 1. The summed E-state index contributed by atoms with van der Waals surface area (Å²) in [5.41, 5.74) is 5.04. The molecule has 0 fully saturated rings. The number of fused-ring (bicyclic) bond motifs is 1. The number of rotatable bonds is 2. The van der Waals surface area contributed by atoms with Crippen molar-refractivity contribution < 1.29 is 19.1 Å². The molecule has 0 radical (unpaired) electrons. The van der Waals surface area contributed by atoms with Crippen molar-refractivity contribution in [1.29, 1.82) is 0 Å². The zero-order valence-electron chi connectivity index (χ0n) is 7.95. The van der Waals surface area contributed by atoms with E-state index in [4.69, 9.17) is 5.73 Å². The third-order valence-corrected chi connectivity index (χ3v) is 2.24. The number of benzene rings is 1. The number of nitrogens with one attached hydrogen (secondary N) is 1. The van der Waals surface area contributed by atoms with E-state index >= 15 is 0 Å². The summed E-state index contributed by atoms with van der Waals surface area (Å²) < 4.78 is 13.1. The Morgan fingerprint density at radius 3 is 2.69 bits per heavy atom. The molecule has 1 aromatic carbocycles. The lowest BCUT2D eigenvalue weighted by Crippen LogP contribution is -2.22. The highest BCUT2D eigenvalue weighted by molar-refractivity contribution is 6.44. The second-order valence-electron chi connectivity index (χ2n) is 3.21. The molecule has 6 heteroatoms. The van der Waals surface area contributed by atoms with Crippen LogP contribution in [0.3, 0.4) is 0 Å². The maximum absolute atomic E-state index is 13.1. The molecule has 0 unspecified atom stereocenters. The van der Waals surface area contributed by atoms with Crippen LogP contribution in [0.2, 0.25) is 0 Å². The molecule has 4 N–H and O–H groups in total. The van der Waals surface area contributed by atoms with Gasteiger partial charge in [-0.15, -0.1) is 0 Å². The number of amides is 1. The Labute approximate surface area is 88.7 Å². The van der Waals surface area contributed by atoms with Gasteiger partial charge in [-0.1, -0.05) is 0 Å². The normalized spacial score (nSPS) is 10.6. The van der Waals surface area contributed by atoms with Gasteiger partial charge in [0.15, 0.2) is 11.6 Å². The molecule has 2 rings (SSSR count). The molecule has 0 saturated heterocycles. The number of H-pyrrole nitrogens is 1. The van der Waals surface area contributed by atoms with Gasteiger partial charge in [0, 0.05) is 6.20 Å². The van der Waals surface area contributed by atoms with Crippen LogP contribution in [-0.2, 0) is 4.79 Å². The lowest BCUT2D eigenvalue weighted by molar-refractivity contribution is -0.114. The van der Waals surface area contributed by atoms with Gasteiger partial charge in [0.05, 0.1) is 16.5 Å². The number of aromatic hydroxyl groups is 1. The van der Waals surface area contributed by atoms with Gasteiger partial charge in [-0.25, -0.2) is 4.39 Å². The maximum atomic E-state index is 13.1. The van der Waals surface area contributed by atoms with Gasteiger partial charge in [0.1, 0.15) is 0 Å². The maximum Gasteiger partial charge on any atom is 0.289 e. The Morgan fingerprint density at radius 1 is 1.38 bits per heavy atom. The fourth-order valence-corrected chi connectivity index (χ4v) is 1.49. The van der Waals surface area contributed by atoms with E-state index < -0.39 is 23.3 Å². The van der Waals surface area contributed by atoms with Crippen LogP contribution < -0.4 is 5.73 Å². The topological polar surface area (TPSA) is 96.2 Å². The van der Waals surface area contributed by atoms with Crippen molar-refractivity contribution in [3.63, 3.8) is 0 Å². The van der Waals surface area contributed by atoms with E-state index in [1.807, 2.05) is 0 Å². The van der Waals surface area contributed by atoms with Crippen molar-refractivity contribution in [2.24, 2.45) is 5.73 Å². The Bertz CT molecular complexity index is 603. The molecule has 1 aromatic heterocycles. The molecule has 0 spiro atoms. The Morgan fingerprint density at radius 2 is 2.06 bits per heavy atom. The molecule has 0 saturated carbocycles. The van der Waals surface area contributed by atoms with Crippen molar-refractivity contribution >= 4 is 22.6 Å². The first-order valence-electron chi connectivity index (χ1n) is 4.35. The molecule has 82 valence electrons. The number of halogens is 1. The Hall–Kier alpha value is -2.37. The van der Waals surface area contributed by atoms with Crippen LogP contribution in [0.4, 0.5) is 4.39 Å². The van der Waals surface area contributed by atoms with Gasteiger partial charge >= 0.3 is 0 Å². The average Bonchev–Trinajstić information content (AvgIpc) is 2.66. The van der Waals surface area contributed by atoms with Crippen LogP contribution in [-0.4, -0.2) is 21.8 Å². The summed E-state index contributed by atoms with van der Waals surface area (Å²) in [5, 5.41) is 9.42. The standard InChI is InChI=1S/C10H7FN2O3/c11-5-1-2-6-7(9(5)15)4(3-13-6)8(14)10(12)16/h1-3,13,15H,(H2,12,16). The number of hydrogen-bond acceptors (Lipinski definition) is 3. The van der Waals surface area contributed by atoms with Crippen LogP contribution >= 0.6 is 0 Å². The molecule has 16 heavy (non-hydrogen) atoms. The first kappa shape index (κ1) is 10.2. The molecular weight excluding hydrogens is 215 g/mol. The number of carbonyl (C=O) groups excluding carboxylic acids is 2. The van der Waals surface area contributed by atoms with Gasteiger partial charge in [0.25, 0.3) is 11.7 Å². The van der Waals surface area contributed by atoms with E-state index in [-0.39, 0.29) is 10.9 Å². The monoisotopic (exact) mass is 222 g/mol. The highest BCUT2D eigenvalue weighted by Crippen LogP contribution is 2.30. The molecule has 0 aliphatic rings.